The number of aromatic nitrogens is 2. The van der Waals surface area contributed by atoms with Crippen LogP contribution in [0.25, 0.3) is 0 Å². The second-order valence-electron chi connectivity index (χ2n) is 5.23. The molecule has 8 heteroatoms. The molecule has 2 aromatic rings. The van der Waals surface area contributed by atoms with Crippen molar-refractivity contribution in [3.63, 3.8) is 0 Å². The van der Waals surface area contributed by atoms with Crippen molar-refractivity contribution in [3.8, 4) is 0 Å². The lowest BCUT2D eigenvalue weighted by Crippen LogP contribution is -2.03. The van der Waals surface area contributed by atoms with Gasteiger partial charge in [0.1, 0.15) is 5.82 Å². The highest BCUT2D eigenvalue weighted by molar-refractivity contribution is 8.00. The van der Waals surface area contributed by atoms with Crippen molar-refractivity contribution >= 4 is 29.2 Å². The van der Waals surface area contributed by atoms with Gasteiger partial charge in [0.15, 0.2) is 0 Å². The summed E-state index contributed by atoms with van der Waals surface area (Å²) in [6, 6.07) is 8.02. The van der Waals surface area contributed by atoms with E-state index in [4.69, 9.17) is 0 Å². The summed E-state index contributed by atoms with van der Waals surface area (Å²) in [6.07, 6.45) is 2.22. The van der Waals surface area contributed by atoms with Gasteiger partial charge in [0.25, 0.3) is 0 Å². The van der Waals surface area contributed by atoms with Crippen molar-refractivity contribution in [2.24, 2.45) is 0 Å². The number of thioether (sulfide) groups is 1. The number of anilines is 3. The second kappa shape index (κ2) is 6.27. The first-order valence-electron chi connectivity index (χ1n) is 7.12. The summed E-state index contributed by atoms with van der Waals surface area (Å²) in [7, 11) is 1.73. The van der Waals surface area contributed by atoms with E-state index in [1.54, 1.807) is 19.2 Å². The molecule has 23 heavy (non-hydrogen) atoms. The maximum Gasteiger partial charge on any atom is 0.446 e. The van der Waals surface area contributed by atoms with Crippen molar-refractivity contribution in [2.45, 2.75) is 29.2 Å². The van der Waals surface area contributed by atoms with Gasteiger partial charge in [-0.1, -0.05) is 6.07 Å². The van der Waals surface area contributed by atoms with Gasteiger partial charge in [0.05, 0.1) is 5.69 Å². The van der Waals surface area contributed by atoms with Crippen LogP contribution in [0.4, 0.5) is 30.6 Å². The number of hydrogen-bond acceptors (Lipinski definition) is 5. The molecule has 0 atom stereocenters. The zero-order valence-electron chi connectivity index (χ0n) is 12.3. The van der Waals surface area contributed by atoms with E-state index < -0.39 is 5.51 Å². The minimum Gasteiger partial charge on any atom is -0.357 e. The lowest BCUT2D eigenvalue weighted by atomic mass is 10.2. The predicted molar refractivity (Wildman–Crippen MR) is 85.2 cm³/mol. The molecular formula is C15H15F3N4S. The van der Waals surface area contributed by atoms with E-state index in [-0.39, 0.29) is 16.7 Å². The number of nitrogens with zero attached hydrogens (tertiary/aromatic N) is 2. The van der Waals surface area contributed by atoms with Crippen molar-refractivity contribution in [3.05, 3.63) is 36.0 Å². The van der Waals surface area contributed by atoms with Gasteiger partial charge in [-0.2, -0.15) is 18.2 Å². The summed E-state index contributed by atoms with van der Waals surface area (Å²) >= 11 is -0.134. The average molecular weight is 340 g/mol. The summed E-state index contributed by atoms with van der Waals surface area (Å²) in [4.78, 5) is 8.84. The zero-order chi connectivity index (χ0) is 16.4. The van der Waals surface area contributed by atoms with Gasteiger partial charge in [-0.25, -0.2) is 4.98 Å². The van der Waals surface area contributed by atoms with Gasteiger partial charge in [-0.3, -0.25) is 0 Å². The van der Waals surface area contributed by atoms with Crippen LogP contribution in [0.3, 0.4) is 0 Å². The Morgan fingerprint density at radius 2 is 1.96 bits per heavy atom. The predicted octanol–water partition coefficient (Wildman–Crippen LogP) is 4.75. The Kier molecular flexibility index (Phi) is 4.34. The molecule has 1 heterocycles. The maximum atomic E-state index is 12.5. The third kappa shape index (κ3) is 4.51. The van der Waals surface area contributed by atoms with Gasteiger partial charge in [0, 0.05) is 29.6 Å². The topological polar surface area (TPSA) is 49.8 Å². The van der Waals surface area contributed by atoms with Gasteiger partial charge < -0.3 is 10.6 Å². The molecule has 3 rings (SSSR count). The fraction of sp³-hybridized carbons (Fsp3) is 0.333. The van der Waals surface area contributed by atoms with Gasteiger partial charge in [-0.15, -0.1) is 0 Å². The highest BCUT2D eigenvalue weighted by Crippen LogP contribution is 2.40. The van der Waals surface area contributed by atoms with Crippen LogP contribution in [0, 0.1) is 0 Å². The third-order valence-corrected chi connectivity index (χ3v) is 4.03. The Hall–Kier alpha value is -1.96. The van der Waals surface area contributed by atoms with Crippen LogP contribution in [0.15, 0.2) is 35.2 Å². The molecule has 4 nitrogen and oxygen atoms in total. The minimum absolute atomic E-state index is 0.132. The molecule has 0 spiro atoms. The van der Waals surface area contributed by atoms with Crippen LogP contribution in [-0.2, 0) is 0 Å². The van der Waals surface area contributed by atoms with E-state index in [0.717, 1.165) is 18.5 Å². The molecule has 0 unspecified atom stereocenters. The fourth-order valence-electron chi connectivity index (χ4n) is 2.15. The highest BCUT2D eigenvalue weighted by Gasteiger charge is 2.29. The molecule has 1 aromatic carbocycles. The molecule has 1 aliphatic carbocycles. The Bertz CT molecular complexity index is 701. The SMILES string of the molecule is CNc1nc(Nc2cccc(SC(F)(F)F)c2)cc(C2CC2)n1. The number of nitrogens with one attached hydrogen (secondary N) is 2. The third-order valence-electron chi connectivity index (χ3n) is 3.31. The van der Waals surface area contributed by atoms with E-state index in [2.05, 4.69) is 20.6 Å². The Balaban J connectivity index is 1.81. The van der Waals surface area contributed by atoms with Gasteiger partial charge in [0.2, 0.25) is 5.95 Å². The van der Waals surface area contributed by atoms with Crippen molar-refractivity contribution in [2.75, 3.05) is 17.7 Å². The summed E-state index contributed by atoms with van der Waals surface area (Å²) in [5, 5.41) is 5.96. The number of alkyl halides is 3. The summed E-state index contributed by atoms with van der Waals surface area (Å²) in [5.41, 5.74) is -2.79. The van der Waals surface area contributed by atoms with E-state index in [1.165, 1.54) is 12.1 Å². The van der Waals surface area contributed by atoms with Crippen molar-refractivity contribution in [1.29, 1.82) is 0 Å². The molecular weight excluding hydrogens is 325 g/mol. The molecule has 1 fully saturated rings. The van der Waals surface area contributed by atoms with Gasteiger partial charge >= 0.3 is 5.51 Å². The second-order valence-corrected chi connectivity index (χ2v) is 6.37. The van der Waals surface area contributed by atoms with Crippen molar-refractivity contribution < 1.29 is 13.2 Å². The largest absolute Gasteiger partial charge is 0.446 e. The summed E-state index contributed by atoms with van der Waals surface area (Å²) in [6.45, 7) is 0. The van der Waals surface area contributed by atoms with Crippen molar-refractivity contribution in [1.82, 2.24) is 9.97 Å². The lowest BCUT2D eigenvalue weighted by molar-refractivity contribution is -0.0328. The quantitative estimate of drug-likeness (QED) is 0.769. The fourth-order valence-corrected chi connectivity index (χ4v) is 2.75. The number of halogens is 3. The summed E-state index contributed by atoms with van der Waals surface area (Å²) < 4.78 is 37.4. The van der Waals surface area contributed by atoms with Crippen LogP contribution in [0.1, 0.15) is 24.5 Å². The molecule has 1 aliphatic rings. The van der Waals surface area contributed by atoms with Crippen LogP contribution in [0.2, 0.25) is 0 Å². The van der Waals surface area contributed by atoms with Crippen LogP contribution < -0.4 is 10.6 Å². The Morgan fingerprint density at radius 1 is 1.17 bits per heavy atom. The normalized spacial score (nSPS) is 14.6. The first kappa shape index (κ1) is 15.9. The molecule has 0 aliphatic heterocycles. The standard InChI is InChI=1S/C15H15F3N4S/c1-19-14-21-12(9-5-6-9)8-13(22-14)20-10-3-2-4-11(7-10)23-15(16,17)18/h2-4,7-9H,5-6H2,1H3,(H2,19,20,21,22). The molecule has 0 saturated heterocycles. The first-order chi connectivity index (χ1) is 10.9. The van der Waals surface area contributed by atoms with E-state index in [0.29, 0.717) is 23.4 Å². The molecule has 122 valence electrons. The minimum atomic E-state index is -4.30. The smallest absolute Gasteiger partial charge is 0.357 e. The molecule has 0 bridgehead atoms. The lowest BCUT2D eigenvalue weighted by Gasteiger charge is -2.11. The highest BCUT2D eigenvalue weighted by atomic mass is 32.2. The average Bonchev–Trinajstić information content (AvgIpc) is 3.30. The molecule has 1 saturated carbocycles. The maximum absolute atomic E-state index is 12.5. The Morgan fingerprint density at radius 3 is 2.61 bits per heavy atom. The summed E-state index contributed by atoms with van der Waals surface area (Å²) in [5.74, 6) is 1.52. The zero-order valence-corrected chi connectivity index (χ0v) is 13.1. The molecule has 0 amide bonds. The number of rotatable bonds is 5. The van der Waals surface area contributed by atoms with Crippen LogP contribution in [0.5, 0.6) is 0 Å². The van der Waals surface area contributed by atoms with Gasteiger partial charge in [-0.05, 0) is 42.8 Å². The Labute approximate surface area is 135 Å². The molecule has 1 aromatic heterocycles. The van der Waals surface area contributed by atoms with E-state index >= 15 is 0 Å². The molecule has 0 radical (unpaired) electrons. The first-order valence-corrected chi connectivity index (χ1v) is 7.94. The van der Waals surface area contributed by atoms with Crippen LogP contribution in [-0.4, -0.2) is 22.5 Å². The van der Waals surface area contributed by atoms with Crippen LogP contribution >= 0.6 is 11.8 Å². The van der Waals surface area contributed by atoms with E-state index in [9.17, 15) is 13.2 Å². The number of hydrogen-bond donors (Lipinski definition) is 2. The number of benzene rings is 1. The molecule has 2 N–H and O–H groups in total. The van der Waals surface area contributed by atoms with E-state index in [1.807, 2.05) is 6.07 Å². The monoisotopic (exact) mass is 340 g/mol.